The number of fused-ring (bicyclic) bond motifs is 1. The fourth-order valence-electron chi connectivity index (χ4n) is 5.08. The normalized spacial score (nSPS) is 18.2. The van der Waals surface area contributed by atoms with Crippen molar-refractivity contribution in [1.29, 1.82) is 0 Å². The minimum Gasteiger partial charge on any atom is -0.0646 e. The van der Waals surface area contributed by atoms with Gasteiger partial charge in [-0.05, 0) is 64.3 Å². The monoisotopic (exact) mass is 448 g/mol. The molecule has 2 aliphatic rings. The molecule has 0 aromatic heterocycles. The average Bonchev–Trinajstić information content (AvgIpc) is 3.03. The van der Waals surface area contributed by atoms with Gasteiger partial charge in [0, 0.05) is 26.2 Å². The first-order valence-electron chi connectivity index (χ1n) is 10.8. The Morgan fingerprint density at radius 2 is 1.57 bits per heavy atom. The summed E-state index contributed by atoms with van der Waals surface area (Å²) in [7, 11) is 0. The van der Waals surface area contributed by atoms with Crippen molar-refractivity contribution in [3.05, 3.63) is 64.7 Å². The summed E-state index contributed by atoms with van der Waals surface area (Å²) in [6, 6.07) is 16.1. The molecule has 146 valence electrons. The SMILES string of the molecule is CC1(CC2=Cc3c(cccc3-c3ccc(C(C)(C)C)cc3)C2)CCCCC1.[Zr]. The Bertz CT molecular complexity index is 843. The van der Waals surface area contributed by atoms with Gasteiger partial charge in [-0.2, -0.15) is 0 Å². The predicted molar refractivity (Wildman–Crippen MR) is 118 cm³/mol. The van der Waals surface area contributed by atoms with Crippen molar-refractivity contribution in [3.8, 4) is 11.1 Å². The summed E-state index contributed by atoms with van der Waals surface area (Å²) in [6.07, 6.45) is 12.0. The van der Waals surface area contributed by atoms with Crippen LogP contribution in [0.4, 0.5) is 0 Å². The number of allylic oxidation sites excluding steroid dienone is 1. The summed E-state index contributed by atoms with van der Waals surface area (Å²) in [5.74, 6) is 0. The van der Waals surface area contributed by atoms with Crippen LogP contribution in [0.25, 0.3) is 17.2 Å². The zero-order valence-corrected chi connectivity index (χ0v) is 20.5. The van der Waals surface area contributed by atoms with E-state index in [0.717, 1.165) is 6.42 Å². The quantitative estimate of drug-likeness (QED) is 0.446. The smallest absolute Gasteiger partial charge is 0 e. The maximum absolute atomic E-state index is 2.52. The van der Waals surface area contributed by atoms with Crippen molar-refractivity contribution in [2.75, 3.05) is 0 Å². The van der Waals surface area contributed by atoms with E-state index in [2.05, 4.69) is 76.2 Å². The fraction of sp³-hybridized carbons (Fsp3) is 0.481. The maximum atomic E-state index is 2.52. The Hall–Kier alpha value is -0.937. The van der Waals surface area contributed by atoms with Crippen LogP contribution in [0.2, 0.25) is 0 Å². The predicted octanol–water partition coefficient (Wildman–Crippen LogP) is 7.95. The molecule has 0 radical (unpaired) electrons. The molecule has 0 spiro atoms. The second kappa shape index (κ2) is 8.43. The van der Waals surface area contributed by atoms with Gasteiger partial charge in [0.15, 0.2) is 0 Å². The van der Waals surface area contributed by atoms with E-state index in [4.69, 9.17) is 0 Å². The van der Waals surface area contributed by atoms with E-state index in [1.165, 1.54) is 66.3 Å². The third-order valence-corrected chi connectivity index (χ3v) is 6.74. The van der Waals surface area contributed by atoms with Gasteiger partial charge in [0.1, 0.15) is 0 Å². The topological polar surface area (TPSA) is 0 Å². The number of hydrogen-bond donors (Lipinski definition) is 0. The largest absolute Gasteiger partial charge is 0.0646 e. The number of rotatable bonds is 3. The van der Waals surface area contributed by atoms with Crippen molar-refractivity contribution in [3.63, 3.8) is 0 Å². The van der Waals surface area contributed by atoms with Crippen LogP contribution in [0, 0.1) is 5.41 Å². The summed E-state index contributed by atoms with van der Waals surface area (Å²) in [5, 5.41) is 0. The van der Waals surface area contributed by atoms with Gasteiger partial charge in [-0.1, -0.05) is 101 Å². The van der Waals surface area contributed by atoms with Crippen LogP contribution in [0.5, 0.6) is 0 Å². The van der Waals surface area contributed by atoms with E-state index < -0.39 is 0 Å². The standard InChI is InChI=1S/C27H34.Zr/c1-26(2,3)23-13-11-21(12-14-23)24-10-8-9-22-17-20(18-25(22)24)19-27(4)15-6-5-7-16-27;/h8-14,18H,5-7,15-17,19H2,1-4H3;. The van der Waals surface area contributed by atoms with Crippen LogP contribution in [-0.2, 0) is 38.0 Å². The molecule has 0 N–H and O–H groups in total. The van der Waals surface area contributed by atoms with Crippen LogP contribution in [0.15, 0.2) is 48.0 Å². The Morgan fingerprint density at radius 1 is 0.893 bits per heavy atom. The molecule has 2 aliphatic carbocycles. The molecule has 0 heterocycles. The molecule has 4 rings (SSSR count). The third kappa shape index (κ3) is 4.62. The van der Waals surface area contributed by atoms with Gasteiger partial charge in [0.25, 0.3) is 0 Å². The molecule has 28 heavy (non-hydrogen) atoms. The molecular weight excluding hydrogens is 416 g/mol. The van der Waals surface area contributed by atoms with Crippen molar-refractivity contribution in [2.24, 2.45) is 5.41 Å². The molecule has 0 bridgehead atoms. The van der Waals surface area contributed by atoms with Crippen molar-refractivity contribution in [1.82, 2.24) is 0 Å². The number of benzene rings is 2. The van der Waals surface area contributed by atoms with Gasteiger partial charge in [-0.25, -0.2) is 0 Å². The van der Waals surface area contributed by atoms with E-state index >= 15 is 0 Å². The minimum absolute atomic E-state index is 0. The van der Waals surface area contributed by atoms with Crippen LogP contribution in [0.3, 0.4) is 0 Å². The molecule has 2 aromatic carbocycles. The maximum Gasteiger partial charge on any atom is 0 e. The van der Waals surface area contributed by atoms with E-state index in [1.54, 1.807) is 5.57 Å². The van der Waals surface area contributed by atoms with E-state index in [-0.39, 0.29) is 31.6 Å². The molecule has 0 amide bonds. The summed E-state index contributed by atoms with van der Waals surface area (Å²) in [5.41, 5.74) is 9.52. The second-order valence-electron chi connectivity index (χ2n) is 10.2. The minimum atomic E-state index is 0. The van der Waals surface area contributed by atoms with Gasteiger partial charge in [0.2, 0.25) is 0 Å². The average molecular weight is 450 g/mol. The summed E-state index contributed by atoms with van der Waals surface area (Å²) < 4.78 is 0. The second-order valence-corrected chi connectivity index (χ2v) is 10.2. The summed E-state index contributed by atoms with van der Waals surface area (Å²) in [4.78, 5) is 0. The van der Waals surface area contributed by atoms with Crippen LogP contribution in [-0.4, -0.2) is 0 Å². The van der Waals surface area contributed by atoms with Gasteiger partial charge in [-0.3, -0.25) is 0 Å². The van der Waals surface area contributed by atoms with Crippen molar-refractivity contribution < 1.29 is 26.2 Å². The Balaban J connectivity index is 0.00000225. The molecule has 1 heteroatoms. The molecule has 1 fully saturated rings. The van der Waals surface area contributed by atoms with Crippen LogP contribution >= 0.6 is 0 Å². The van der Waals surface area contributed by atoms with E-state index in [0.29, 0.717) is 5.41 Å². The molecule has 0 nitrogen and oxygen atoms in total. The van der Waals surface area contributed by atoms with Crippen molar-refractivity contribution in [2.45, 2.75) is 78.1 Å². The number of hydrogen-bond acceptors (Lipinski definition) is 0. The first-order valence-corrected chi connectivity index (χ1v) is 10.8. The Labute approximate surface area is 191 Å². The zero-order chi connectivity index (χ0) is 19.1. The first-order chi connectivity index (χ1) is 12.8. The van der Waals surface area contributed by atoms with E-state index in [9.17, 15) is 0 Å². The van der Waals surface area contributed by atoms with Gasteiger partial charge < -0.3 is 0 Å². The van der Waals surface area contributed by atoms with Gasteiger partial charge >= 0.3 is 0 Å². The molecule has 0 atom stereocenters. The molecular formula is C27H34Zr. The van der Waals surface area contributed by atoms with Crippen molar-refractivity contribution >= 4 is 6.08 Å². The zero-order valence-electron chi connectivity index (χ0n) is 18.1. The van der Waals surface area contributed by atoms with Gasteiger partial charge in [0.05, 0.1) is 0 Å². The molecule has 0 saturated heterocycles. The summed E-state index contributed by atoms with van der Waals surface area (Å²) >= 11 is 0. The molecule has 1 saturated carbocycles. The van der Waals surface area contributed by atoms with Gasteiger partial charge in [-0.15, -0.1) is 0 Å². The Kier molecular flexibility index (Phi) is 6.55. The van der Waals surface area contributed by atoms with E-state index in [1.807, 2.05) is 0 Å². The molecule has 0 unspecified atom stereocenters. The first kappa shape index (κ1) is 21.8. The third-order valence-electron chi connectivity index (χ3n) is 6.74. The molecule has 2 aromatic rings. The summed E-state index contributed by atoms with van der Waals surface area (Å²) in [6.45, 7) is 9.36. The fourth-order valence-corrected chi connectivity index (χ4v) is 5.08. The van der Waals surface area contributed by atoms with Crippen LogP contribution in [0.1, 0.15) is 82.9 Å². The Morgan fingerprint density at radius 3 is 2.21 bits per heavy atom. The van der Waals surface area contributed by atoms with Crippen LogP contribution < -0.4 is 0 Å². The molecule has 0 aliphatic heterocycles.